The Hall–Kier alpha value is 0.700. The minimum absolute atomic E-state index is 1.37. The van der Waals surface area contributed by atoms with Gasteiger partial charge < -0.3 is 0 Å². The second-order valence-electron chi connectivity index (χ2n) is 9.65. The molecule has 0 atom stereocenters. The Balaban J connectivity index is 2.98. The van der Waals surface area contributed by atoms with E-state index in [1.165, 1.54) is 171 Å². The number of hydrogen-bond acceptors (Lipinski definition) is 2. The van der Waals surface area contributed by atoms with E-state index in [2.05, 4.69) is 37.4 Å². The molecule has 0 nitrogen and oxygen atoms in total. The highest BCUT2D eigenvalue weighted by Crippen LogP contribution is 2.16. The Kier molecular flexibility index (Phi) is 31.4. The molecule has 0 saturated carbocycles. The molecule has 31 heavy (non-hydrogen) atoms. The Bertz CT molecular complexity index is 264. The van der Waals surface area contributed by atoms with Crippen molar-refractivity contribution in [2.75, 3.05) is 23.0 Å². The van der Waals surface area contributed by atoms with Crippen molar-refractivity contribution >= 4 is 23.5 Å². The van der Waals surface area contributed by atoms with Crippen LogP contribution in [-0.2, 0) is 0 Å². The first-order chi connectivity index (χ1) is 15.4. The van der Waals surface area contributed by atoms with Crippen LogP contribution in [-0.4, -0.2) is 23.0 Å². The van der Waals surface area contributed by atoms with Crippen molar-refractivity contribution in [2.24, 2.45) is 0 Å². The van der Waals surface area contributed by atoms with Crippen molar-refractivity contribution < 1.29 is 0 Å². The van der Waals surface area contributed by atoms with Gasteiger partial charge in [-0.3, -0.25) is 0 Å². The summed E-state index contributed by atoms with van der Waals surface area (Å²) >= 11 is 4.42. The highest BCUT2D eigenvalue weighted by Gasteiger charge is 1.96. The molecule has 0 aromatic heterocycles. The van der Waals surface area contributed by atoms with Gasteiger partial charge in [0, 0.05) is 0 Å². The van der Waals surface area contributed by atoms with Crippen LogP contribution < -0.4 is 0 Å². The molecule has 188 valence electrons. The second-order valence-corrected chi connectivity index (χ2v) is 12.1. The largest absolute Gasteiger partial charge is 0.162 e. The molecule has 2 heteroatoms. The molecule has 0 unspecified atom stereocenters. The number of rotatable bonds is 28. The molecule has 0 aromatic carbocycles. The third kappa shape index (κ3) is 30.7. The maximum Gasteiger partial charge on any atom is -0.00675 e. The van der Waals surface area contributed by atoms with Crippen molar-refractivity contribution in [1.82, 2.24) is 0 Å². The molecule has 0 heterocycles. The van der Waals surface area contributed by atoms with Gasteiger partial charge in [0.05, 0.1) is 0 Å². The van der Waals surface area contributed by atoms with E-state index in [0.29, 0.717) is 0 Å². The van der Waals surface area contributed by atoms with Crippen molar-refractivity contribution in [3.05, 3.63) is 0 Å². The zero-order valence-electron chi connectivity index (χ0n) is 21.9. The summed E-state index contributed by atoms with van der Waals surface area (Å²) in [4.78, 5) is 0. The van der Waals surface area contributed by atoms with Crippen LogP contribution in [0.5, 0.6) is 0 Å². The first kappa shape index (κ1) is 31.7. The van der Waals surface area contributed by atoms with E-state index in [1.54, 1.807) is 0 Å². The van der Waals surface area contributed by atoms with Crippen LogP contribution >= 0.6 is 23.5 Å². The Morgan fingerprint density at radius 1 is 0.258 bits per heavy atom. The van der Waals surface area contributed by atoms with Gasteiger partial charge in [-0.15, -0.1) is 0 Å². The molecule has 0 bridgehead atoms. The van der Waals surface area contributed by atoms with Crippen LogP contribution in [0.3, 0.4) is 0 Å². The average Bonchev–Trinajstić information content (AvgIpc) is 2.78. The van der Waals surface area contributed by atoms with Crippen LogP contribution in [0.2, 0.25) is 0 Å². The molecule has 0 spiro atoms. The van der Waals surface area contributed by atoms with Crippen molar-refractivity contribution in [1.29, 1.82) is 0 Å². The molecule has 0 aliphatic rings. The lowest BCUT2D eigenvalue weighted by Crippen LogP contribution is -1.89. The molecular formula is C29H60S2. The molecule has 0 N–H and O–H groups in total. The van der Waals surface area contributed by atoms with Gasteiger partial charge in [-0.05, 0) is 48.7 Å². The van der Waals surface area contributed by atoms with Crippen LogP contribution in [0.1, 0.15) is 162 Å². The minimum atomic E-state index is 1.37. The zero-order valence-corrected chi connectivity index (χ0v) is 23.5. The lowest BCUT2D eigenvalue weighted by Gasteiger charge is -2.04. The molecule has 0 aliphatic carbocycles. The van der Waals surface area contributed by atoms with E-state index >= 15 is 0 Å². The molecule has 0 aromatic rings. The summed E-state index contributed by atoms with van der Waals surface area (Å²) in [7, 11) is 0. The Morgan fingerprint density at radius 3 is 0.710 bits per heavy atom. The molecule has 0 amide bonds. The molecule has 0 saturated heterocycles. The van der Waals surface area contributed by atoms with E-state index in [0.717, 1.165) is 0 Å². The normalized spacial score (nSPS) is 11.4. The van der Waals surface area contributed by atoms with Gasteiger partial charge in [-0.2, -0.15) is 23.5 Å². The maximum absolute atomic E-state index is 2.30. The first-order valence-electron chi connectivity index (χ1n) is 14.6. The van der Waals surface area contributed by atoms with Gasteiger partial charge in [-0.1, -0.05) is 136 Å². The molecular weight excluding hydrogens is 412 g/mol. The predicted molar refractivity (Wildman–Crippen MR) is 152 cm³/mol. The highest BCUT2D eigenvalue weighted by atomic mass is 32.2. The number of unbranched alkanes of at least 4 members (excludes halogenated alkanes) is 20. The predicted octanol–water partition coefficient (Wildman–Crippen LogP) is 11.5. The average molecular weight is 473 g/mol. The summed E-state index contributed by atoms with van der Waals surface area (Å²) in [5, 5.41) is 0. The topological polar surface area (TPSA) is 0 Å². The van der Waals surface area contributed by atoms with E-state index in [9.17, 15) is 0 Å². The van der Waals surface area contributed by atoms with Crippen molar-refractivity contribution in [3.8, 4) is 0 Å². The summed E-state index contributed by atoms with van der Waals surface area (Å²) in [6.07, 6.45) is 33.5. The summed E-state index contributed by atoms with van der Waals surface area (Å²) < 4.78 is 0. The first-order valence-corrected chi connectivity index (χ1v) is 16.9. The SMILES string of the molecule is CCCCCCCCCCCCSCCCCCSCCCCCCCCCCCC. The molecule has 0 rings (SSSR count). The smallest absolute Gasteiger partial charge is 0.00675 e. The third-order valence-corrected chi connectivity index (χ3v) is 8.67. The minimum Gasteiger partial charge on any atom is -0.162 e. The van der Waals surface area contributed by atoms with E-state index in [1.807, 2.05) is 0 Å². The number of hydrogen-bond donors (Lipinski definition) is 0. The lowest BCUT2D eigenvalue weighted by atomic mass is 10.1. The van der Waals surface area contributed by atoms with Crippen LogP contribution in [0.4, 0.5) is 0 Å². The Labute approximate surface area is 207 Å². The maximum atomic E-state index is 2.30. The third-order valence-electron chi connectivity index (χ3n) is 6.36. The van der Waals surface area contributed by atoms with E-state index < -0.39 is 0 Å². The highest BCUT2D eigenvalue weighted by molar-refractivity contribution is 7.99. The second kappa shape index (κ2) is 30.7. The van der Waals surface area contributed by atoms with Crippen molar-refractivity contribution in [2.45, 2.75) is 162 Å². The fraction of sp³-hybridized carbons (Fsp3) is 1.00. The summed E-state index contributed by atoms with van der Waals surface area (Å²) in [6.45, 7) is 4.61. The molecule has 0 radical (unpaired) electrons. The van der Waals surface area contributed by atoms with Gasteiger partial charge in [0.2, 0.25) is 0 Å². The van der Waals surface area contributed by atoms with Gasteiger partial charge in [0.25, 0.3) is 0 Å². The number of thioether (sulfide) groups is 2. The molecule has 0 aliphatic heterocycles. The van der Waals surface area contributed by atoms with Gasteiger partial charge >= 0.3 is 0 Å². The quantitative estimate of drug-likeness (QED) is 0.104. The van der Waals surface area contributed by atoms with E-state index in [4.69, 9.17) is 0 Å². The van der Waals surface area contributed by atoms with Crippen molar-refractivity contribution in [3.63, 3.8) is 0 Å². The van der Waals surface area contributed by atoms with Crippen LogP contribution in [0, 0.1) is 0 Å². The van der Waals surface area contributed by atoms with Crippen LogP contribution in [0.15, 0.2) is 0 Å². The zero-order chi connectivity index (χ0) is 22.5. The fourth-order valence-corrected chi connectivity index (χ4v) is 6.21. The lowest BCUT2D eigenvalue weighted by molar-refractivity contribution is 0.563. The van der Waals surface area contributed by atoms with Gasteiger partial charge in [0.15, 0.2) is 0 Å². The van der Waals surface area contributed by atoms with Gasteiger partial charge in [0.1, 0.15) is 0 Å². The standard InChI is InChI=1S/C29H60S2/c1-3-5-7-9-11-13-15-17-19-22-26-30-28-24-21-25-29-31-27-23-20-18-16-14-12-10-8-6-4-2/h3-29H2,1-2H3. The summed E-state index contributed by atoms with van der Waals surface area (Å²) in [6, 6.07) is 0. The monoisotopic (exact) mass is 472 g/mol. The van der Waals surface area contributed by atoms with Gasteiger partial charge in [-0.25, -0.2) is 0 Å². The summed E-state index contributed by atoms with van der Waals surface area (Å²) in [5.41, 5.74) is 0. The molecule has 0 fully saturated rings. The van der Waals surface area contributed by atoms with E-state index in [-0.39, 0.29) is 0 Å². The Morgan fingerprint density at radius 2 is 0.452 bits per heavy atom. The van der Waals surface area contributed by atoms with Crippen LogP contribution in [0.25, 0.3) is 0 Å². The fourth-order valence-electron chi connectivity index (χ4n) is 4.17. The summed E-state index contributed by atoms with van der Waals surface area (Å²) in [5.74, 6) is 5.62.